The Morgan fingerprint density at radius 1 is 1.25 bits per heavy atom. The van der Waals surface area contributed by atoms with E-state index < -0.39 is 0 Å². The van der Waals surface area contributed by atoms with Gasteiger partial charge in [0.2, 0.25) is 0 Å². The Kier molecular flexibility index (Phi) is 2.98. The van der Waals surface area contributed by atoms with Crippen molar-refractivity contribution in [2.75, 3.05) is 0 Å². The molecule has 0 atom stereocenters. The third-order valence-electron chi connectivity index (χ3n) is 1.55. The highest BCUT2D eigenvalue weighted by Gasteiger charge is 2.06. The Bertz CT molecular complexity index is 436. The Morgan fingerprint density at radius 2 is 2.00 bits per heavy atom. The van der Waals surface area contributed by atoms with Gasteiger partial charge in [0.1, 0.15) is 0 Å². The summed E-state index contributed by atoms with van der Waals surface area (Å²) in [4.78, 5) is 0. The molecule has 4 heteroatoms. The Hall–Kier alpha value is 1.12. The average Bonchev–Trinajstić information content (AvgIpc) is 2.31. The molecule has 2 aromatic rings. The van der Waals surface area contributed by atoms with E-state index in [4.69, 9.17) is 0 Å². The van der Waals surface area contributed by atoms with E-state index in [-0.39, 0.29) is 0 Å². The molecule has 1 heterocycles. The lowest BCUT2D eigenvalue weighted by Crippen LogP contribution is -1.68. The predicted octanol–water partition coefficient (Wildman–Crippen LogP) is 4.87. The number of hydrogen-bond donors (Lipinski definition) is 0. The third-order valence-corrected chi connectivity index (χ3v) is 6.21. The fraction of sp³-hybridized carbons (Fsp3) is 0. The monoisotopic (exact) mass is 464 g/mol. The molecule has 2 rings (SSSR count). The quantitative estimate of drug-likeness (QED) is 0.488. The average molecular weight is 465 g/mol. The van der Waals surface area contributed by atoms with E-state index in [9.17, 15) is 0 Å². The van der Waals surface area contributed by atoms with Gasteiger partial charge in [0.25, 0.3) is 0 Å². The van der Waals surface area contributed by atoms with E-state index in [0.29, 0.717) is 0 Å². The molecule has 0 aliphatic carbocycles. The van der Waals surface area contributed by atoms with Crippen LogP contribution in [0.25, 0.3) is 10.1 Å². The van der Waals surface area contributed by atoms with Crippen LogP contribution in [-0.4, -0.2) is 0 Å². The van der Waals surface area contributed by atoms with E-state index >= 15 is 0 Å². The summed E-state index contributed by atoms with van der Waals surface area (Å²) >= 11 is 10.1. The van der Waals surface area contributed by atoms with Gasteiger partial charge >= 0.3 is 0 Å². The molecular weight excluding hydrogens is 462 g/mol. The van der Waals surface area contributed by atoms with Crippen molar-refractivity contribution in [3.63, 3.8) is 0 Å². The lowest BCUT2D eigenvalue weighted by Gasteiger charge is -1.90. The Balaban J connectivity index is 2.88. The molecule has 0 saturated carbocycles. The van der Waals surface area contributed by atoms with Crippen LogP contribution < -0.4 is 0 Å². The fourth-order valence-electron chi connectivity index (χ4n) is 1.01. The van der Waals surface area contributed by atoms with Crippen LogP contribution in [0, 0.1) is 6.45 Å². The first-order valence-electron chi connectivity index (χ1n) is 3.21. The lowest BCUT2D eigenvalue weighted by molar-refractivity contribution is 1.74. The van der Waals surface area contributed by atoms with Crippen LogP contribution in [0.4, 0.5) is 0 Å². The number of fused-ring (bicyclic) bond motifs is 1. The van der Waals surface area contributed by atoms with Crippen molar-refractivity contribution >= 4 is 82.5 Å². The summed E-state index contributed by atoms with van der Waals surface area (Å²) in [7, 11) is 0. The van der Waals surface area contributed by atoms with E-state index in [2.05, 4.69) is 79.3 Å². The normalized spacial score (nSPS) is 10.9. The number of thiophene rings is 1. The Labute approximate surface area is 110 Å². The van der Waals surface area contributed by atoms with Crippen LogP contribution in [0.3, 0.4) is 0 Å². The van der Waals surface area contributed by atoms with Crippen molar-refractivity contribution in [1.29, 1.82) is 0 Å². The summed E-state index contributed by atoms with van der Waals surface area (Å²) in [6.07, 6.45) is 0. The van der Waals surface area contributed by atoms with E-state index in [0.717, 1.165) is 0 Å². The van der Waals surface area contributed by atoms with Gasteiger partial charge in [-0.05, 0) is 79.3 Å². The van der Waals surface area contributed by atoms with Crippen molar-refractivity contribution in [1.82, 2.24) is 0 Å². The van der Waals surface area contributed by atoms with Crippen LogP contribution >= 0.6 is 72.4 Å². The standard InChI is InChI=1S/C8H3BrI2S/c9-7-5-3-4(10)1-2-6(5)12-8(7)11/h1-3H. The molecule has 0 spiro atoms. The SMILES string of the molecule is Brc1c(I)sc2ccc(I)cc12. The highest BCUT2D eigenvalue weighted by Crippen LogP contribution is 2.36. The zero-order valence-electron chi connectivity index (χ0n) is 5.77. The molecule has 1 aromatic heterocycles. The first-order chi connectivity index (χ1) is 5.68. The molecule has 0 amide bonds. The zero-order valence-corrected chi connectivity index (χ0v) is 12.5. The number of halogens is 3. The van der Waals surface area contributed by atoms with Gasteiger partial charge < -0.3 is 0 Å². The summed E-state index contributed by atoms with van der Waals surface area (Å²) in [6.45, 7) is 0. The molecule has 0 aliphatic heterocycles. The second kappa shape index (κ2) is 3.70. The van der Waals surface area contributed by atoms with Crippen molar-refractivity contribution in [2.45, 2.75) is 0 Å². The van der Waals surface area contributed by atoms with Crippen LogP contribution in [0.15, 0.2) is 22.7 Å². The van der Waals surface area contributed by atoms with Crippen LogP contribution in [0.1, 0.15) is 0 Å². The molecule has 0 N–H and O–H groups in total. The smallest absolute Gasteiger partial charge is 0.0808 e. The molecule has 1 aromatic carbocycles. The molecule has 62 valence electrons. The summed E-state index contributed by atoms with van der Waals surface area (Å²) in [6, 6.07) is 6.52. The van der Waals surface area contributed by atoms with E-state index in [1.807, 2.05) is 11.3 Å². The molecule has 12 heavy (non-hydrogen) atoms. The highest BCUT2D eigenvalue weighted by atomic mass is 127. The van der Waals surface area contributed by atoms with Gasteiger partial charge in [-0.3, -0.25) is 0 Å². The topological polar surface area (TPSA) is 0 Å². The highest BCUT2D eigenvalue weighted by molar-refractivity contribution is 14.1. The van der Waals surface area contributed by atoms with Crippen molar-refractivity contribution < 1.29 is 0 Å². The van der Waals surface area contributed by atoms with Gasteiger partial charge in [0.05, 0.1) is 2.88 Å². The summed E-state index contributed by atoms with van der Waals surface area (Å²) < 4.78 is 5.20. The number of rotatable bonds is 0. The maximum absolute atomic E-state index is 3.58. The van der Waals surface area contributed by atoms with Gasteiger partial charge in [0, 0.05) is 18.1 Å². The van der Waals surface area contributed by atoms with Crippen LogP contribution in [0.5, 0.6) is 0 Å². The van der Waals surface area contributed by atoms with Crippen molar-refractivity contribution in [3.05, 3.63) is 29.1 Å². The number of hydrogen-bond acceptors (Lipinski definition) is 1. The summed E-state index contributed by atoms with van der Waals surface area (Å²) in [5.41, 5.74) is 0. The number of benzene rings is 1. The van der Waals surface area contributed by atoms with Crippen molar-refractivity contribution in [2.24, 2.45) is 0 Å². The minimum Gasteiger partial charge on any atom is -0.128 e. The Morgan fingerprint density at radius 3 is 2.75 bits per heavy atom. The molecule has 0 radical (unpaired) electrons. The zero-order chi connectivity index (χ0) is 8.72. The van der Waals surface area contributed by atoms with Gasteiger partial charge in [-0.25, -0.2) is 0 Å². The first-order valence-corrected chi connectivity index (χ1v) is 6.98. The van der Waals surface area contributed by atoms with Gasteiger partial charge in [-0.1, -0.05) is 0 Å². The fourth-order valence-corrected chi connectivity index (χ4v) is 4.01. The maximum Gasteiger partial charge on any atom is 0.0808 e. The largest absolute Gasteiger partial charge is 0.128 e. The van der Waals surface area contributed by atoms with Crippen LogP contribution in [0.2, 0.25) is 0 Å². The molecule has 0 nitrogen and oxygen atoms in total. The maximum atomic E-state index is 3.58. The second-order valence-corrected chi connectivity index (χ2v) is 7.23. The molecule has 0 saturated heterocycles. The second-order valence-electron chi connectivity index (χ2n) is 2.33. The molecule has 0 unspecified atom stereocenters. The molecule has 0 bridgehead atoms. The molecular formula is C8H3BrI2S. The van der Waals surface area contributed by atoms with Crippen LogP contribution in [-0.2, 0) is 0 Å². The van der Waals surface area contributed by atoms with Gasteiger partial charge in [-0.2, -0.15) is 0 Å². The molecule has 0 fully saturated rings. The van der Waals surface area contributed by atoms with Gasteiger partial charge in [0.15, 0.2) is 0 Å². The van der Waals surface area contributed by atoms with Crippen molar-refractivity contribution in [3.8, 4) is 0 Å². The summed E-state index contributed by atoms with van der Waals surface area (Å²) in [5.74, 6) is 0. The first kappa shape index (κ1) is 9.67. The predicted molar refractivity (Wildman–Crippen MR) is 75.0 cm³/mol. The minimum absolute atomic E-state index is 1.24. The lowest BCUT2D eigenvalue weighted by atomic mass is 10.3. The third kappa shape index (κ3) is 1.67. The van der Waals surface area contributed by atoms with Gasteiger partial charge in [-0.15, -0.1) is 11.3 Å². The molecule has 0 aliphatic rings. The van der Waals surface area contributed by atoms with E-state index in [1.54, 1.807) is 0 Å². The minimum atomic E-state index is 1.24. The van der Waals surface area contributed by atoms with E-state index in [1.165, 1.54) is 21.0 Å². The summed E-state index contributed by atoms with van der Waals surface area (Å²) in [5, 5.41) is 1.33.